The first-order chi connectivity index (χ1) is 11.7. The van der Waals surface area contributed by atoms with Crippen LogP contribution in [0.15, 0.2) is 52.7 Å². The van der Waals surface area contributed by atoms with E-state index < -0.39 is 5.91 Å². The molecular formula is C18H15N3O3. The predicted octanol–water partition coefficient (Wildman–Crippen LogP) is 3.14. The Bertz CT molecular complexity index is 794. The lowest BCUT2D eigenvalue weighted by molar-refractivity contribution is -0.114. The molecule has 0 saturated carbocycles. The van der Waals surface area contributed by atoms with E-state index in [0.29, 0.717) is 17.2 Å². The van der Waals surface area contributed by atoms with Crippen LogP contribution < -0.4 is 9.64 Å². The minimum atomic E-state index is -0.491. The third-order valence-corrected chi connectivity index (χ3v) is 3.26. The molecule has 0 atom stereocenters. The number of carbonyl (C=O) groups excluding carboxylic acids is 1. The average Bonchev–Trinajstić information content (AvgIpc) is 3.13. The van der Waals surface area contributed by atoms with Crippen molar-refractivity contribution in [3.8, 4) is 17.9 Å². The minimum Gasteiger partial charge on any atom is -0.497 e. The summed E-state index contributed by atoms with van der Waals surface area (Å²) in [5.41, 5.74) is 0.510. The molecule has 2 rings (SSSR count). The summed E-state index contributed by atoms with van der Waals surface area (Å²) in [6.45, 7) is 0.179. The van der Waals surface area contributed by atoms with E-state index in [1.165, 1.54) is 17.2 Å². The molecule has 0 radical (unpaired) electrons. The van der Waals surface area contributed by atoms with Gasteiger partial charge < -0.3 is 14.1 Å². The van der Waals surface area contributed by atoms with Crippen LogP contribution in [-0.4, -0.2) is 19.6 Å². The van der Waals surface area contributed by atoms with Gasteiger partial charge in [-0.05, 0) is 36.4 Å². The van der Waals surface area contributed by atoms with Gasteiger partial charge in [0.05, 0.1) is 25.9 Å². The second-order valence-corrected chi connectivity index (χ2v) is 4.75. The van der Waals surface area contributed by atoms with Crippen molar-refractivity contribution in [3.05, 3.63) is 54.0 Å². The van der Waals surface area contributed by atoms with Crippen molar-refractivity contribution in [1.82, 2.24) is 0 Å². The van der Waals surface area contributed by atoms with Crippen molar-refractivity contribution >= 4 is 17.7 Å². The first-order valence-electron chi connectivity index (χ1n) is 7.17. The molecule has 0 bridgehead atoms. The van der Waals surface area contributed by atoms with Crippen LogP contribution in [0.5, 0.6) is 5.75 Å². The largest absolute Gasteiger partial charge is 0.497 e. The van der Waals surface area contributed by atoms with Crippen molar-refractivity contribution in [3.63, 3.8) is 0 Å². The van der Waals surface area contributed by atoms with Gasteiger partial charge in [-0.2, -0.15) is 10.5 Å². The summed E-state index contributed by atoms with van der Waals surface area (Å²) in [5, 5.41) is 18.1. The van der Waals surface area contributed by atoms with Crippen LogP contribution in [0.25, 0.3) is 6.08 Å². The Morgan fingerprint density at radius 2 is 2.04 bits per heavy atom. The monoisotopic (exact) mass is 321 g/mol. The van der Waals surface area contributed by atoms with Crippen LogP contribution in [0, 0.1) is 22.7 Å². The molecule has 0 N–H and O–H groups in total. The second kappa shape index (κ2) is 8.21. The molecule has 1 heterocycles. The van der Waals surface area contributed by atoms with E-state index in [1.54, 1.807) is 43.5 Å². The number of nitriles is 2. The molecule has 6 nitrogen and oxygen atoms in total. The Morgan fingerprint density at radius 3 is 2.58 bits per heavy atom. The standard InChI is InChI=1S/C18H15N3O3/c1-23-16-7-5-15(6-8-16)21(10-3-9-19)18(22)14(13-20)12-17-4-2-11-24-17/h2,4-8,11-12H,3,10H2,1H3/b14-12+. The summed E-state index contributed by atoms with van der Waals surface area (Å²) < 4.78 is 10.2. The van der Waals surface area contributed by atoms with Crippen molar-refractivity contribution in [2.24, 2.45) is 0 Å². The Balaban J connectivity index is 2.33. The van der Waals surface area contributed by atoms with E-state index in [4.69, 9.17) is 14.4 Å². The molecule has 0 fully saturated rings. The number of anilines is 1. The summed E-state index contributed by atoms with van der Waals surface area (Å²) in [5.74, 6) is 0.572. The molecule has 120 valence electrons. The number of hydrogen-bond acceptors (Lipinski definition) is 5. The zero-order chi connectivity index (χ0) is 17.4. The lowest BCUT2D eigenvalue weighted by atomic mass is 10.1. The van der Waals surface area contributed by atoms with Crippen molar-refractivity contribution in [2.75, 3.05) is 18.6 Å². The predicted molar refractivity (Wildman–Crippen MR) is 87.9 cm³/mol. The van der Waals surface area contributed by atoms with E-state index in [2.05, 4.69) is 0 Å². The fourth-order valence-corrected chi connectivity index (χ4v) is 2.07. The zero-order valence-corrected chi connectivity index (χ0v) is 13.1. The van der Waals surface area contributed by atoms with Gasteiger partial charge in [-0.1, -0.05) is 0 Å². The van der Waals surface area contributed by atoms with E-state index in [9.17, 15) is 10.1 Å². The highest BCUT2D eigenvalue weighted by Crippen LogP contribution is 2.22. The lowest BCUT2D eigenvalue weighted by Crippen LogP contribution is -2.32. The van der Waals surface area contributed by atoms with Gasteiger partial charge >= 0.3 is 0 Å². The van der Waals surface area contributed by atoms with Gasteiger partial charge in [0.25, 0.3) is 5.91 Å². The number of furan rings is 1. The molecule has 24 heavy (non-hydrogen) atoms. The molecule has 1 aromatic heterocycles. The number of amides is 1. The first-order valence-corrected chi connectivity index (χ1v) is 7.17. The maximum absolute atomic E-state index is 12.7. The first kappa shape index (κ1) is 16.9. The van der Waals surface area contributed by atoms with E-state index >= 15 is 0 Å². The van der Waals surface area contributed by atoms with Gasteiger partial charge in [-0.25, -0.2) is 0 Å². The van der Waals surface area contributed by atoms with Gasteiger partial charge in [0, 0.05) is 18.3 Å². The number of ether oxygens (including phenoxy) is 1. The summed E-state index contributed by atoms with van der Waals surface area (Å²) in [6.07, 6.45) is 2.99. The van der Waals surface area contributed by atoms with Crippen molar-refractivity contribution in [2.45, 2.75) is 6.42 Å². The van der Waals surface area contributed by atoms with Crippen molar-refractivity contribution < 1.29 is 13.9 Å². The lowest BCUT2D eigenvalue weighted by Gasteiger charge is -2.21. The topological polar surface area (TPSA) is 90.3 Å². The highest BCUT2D eigenvalue weighted by Gasteiger charge is 2.20. The van der Waals surface area contributed by atoms with Gasteiger partial charge in [0.2, 0.25) is 0 Å². The molecule has 0 unspecified atom stereocenters. The van der Waals surface area contributed by atoms with Crippen LogP contribution >= 0.6 is 0 Å². The number of carbonyl (C=O) groups is 1. The number of methoxy groups -OCH3 is 1. The van der Waals surface area contributed by atoms with Gasteiger partial charge in [-0.15, -0.1) is 0 Å². The maximum Gasteiger partial charge on any atom is 0.269 e. The zero-order valence-electron chi connectivity index (χ0n) is 13.1. The normalized spacial score (nSPS) is 10.5. The third-order valence-electron chi connectivity index (χ3n) is 3.26. The molecule has 1 aromatic carbocycles. The molecule has 0 aliphatic rings. The summed E-state index contributed by atoms with van der Waals surface area (Å²) in [7, 11) is 1.55. The van der Waals surface area contributed by atoms with E-state index in [0.717, 1.165) is 0 Å². The summed E-state index contributed by atoms with van der Waals surface area (Å²) in [4.78, 5) is 14.1. The van der Waals surface area contributed by atoms with Crippen LogP contribution in [-0.2, 0) is 4.79 Å². The van der Waals surface area contributed by atoms with E-state index in [-0.39, 0.29) is 18.5 Å². The quantitative estimate of drug-likeness (QED) is 0.602. The molecule has 1 amide bonds. The number of benzene rings is 1. The maximum atomic E-state index is 12.7. The fourth-order valence-electron chi connectivity index (χ4n) is 2.07. The Kier molecular flexibility index (Phi) is 5.76. The van der Waals surface area contributed by atoms with Crippen LogP contribution in [0.4, 0.5) is 5.69 Å². The van der Waals surface area contributed by atoms with Gasteiger partial charge in [0.1, 0.15) is 23.2 Å². The van der Waals surface area contributed by atoms with Crippen LogP contribution in [0.1, 0.15) is 12.2 Å². The minimum absolute atomic E-state index is 0.0706. The number of rotatable bonds is 6. The number of hydrogen-bond donors (Lipinski definition) is 0. The van der Waals surface area contributed by atoms with Gasteiger partial charge in [0.15, 0.2) is 0 Å². The Hall–Kier alpha value is -3.51. The van der Waals surface area contributed by atoms with Gasteiger partial charge in [-0.3, -0.25) is 4.79 Å². The molecule has 2 aromatic rings. The van der Waals surface area contributed by atoms with E-state index in [1.807, 2.05) is 12.1 Å². The summed E-state index contributed by atoms with van der Waals surface area (Å²) in [6, 6.07) is 14.1. The average molecular weight is 321 g/mol. The molecule has 6 heteroatoms. The number of nitrogens with zero attached hydrogens (tertiary/aromatic N) is 3. The highest BCUT2D eigenvalue weighted by atomic mass is 16.5. The summed E-state index contributed by atoms with van der Waals surface area (Å²) >= 11 is 0. The Labute approximate surface area is 139 Å². The SMILES string of the molecule is COc1ccc(N(CCC#N)C(=O)/C(C#N)=C/c2ccco2)cc1. The van der Waals surface area contributed by atoms with Crippen molar-refractivity contribution in [1.29, 1.82) is 10.5 Å². The Morgan fingerprint density at radius 1 is 1.29 bits per heavy atom. The molecule has 0 aliphatic heterocycles. The smallest absolute Gasteiger partial charge is 0.269 e. The molecule has 0 aliphatic carbocycles. The fraction of sp³-hybridized carbons (Fsp3) is 0.167. The third kappa shape index (κ3) is 4.02. The van der Waals surface area contributed by atoms with Crippen LogP contribution in [0.2, 0.25) is 0 Å². The highest BCUT2D eigenvalue weighted by molar-refractivity contribution is 6.11. The van der Waals surface area contributed by atoms with Crippen LogP contribution in [0.3, 0.4) is 0 Å². The molecule has 0 saturated heterocycles. The molecular weight excluding hydrogens is 306 g/mol. The second-order valence-electron chi connectivity index (χ2n) is 4.75. The molecule has 0 spiro atoms.